The standard InChI is InChI=1S/C40H51NO15/c1-7-40(50)15-24(29-32(39(40)49)36(48)30-31(35(29)47)34(46)28-19(33(30)45)9-8-10-22(28)43)54-26-13-20(41(5)6)37(17(3)52-26)56-27-14-23(44)38(18(4)53-27)55-25-12-11-21(42)16(2)51-25/h8-10,16-18,20,23-27,37-39,43-44,47-50H,7,11-15H2,1-6H3. The Morgan fingerprint density at radius 2 is 1.43 bits per heavy atom. The van der Waals surface area contributed by atoms with Crippen LogP contribution >= 0.6 is 0 Å². The zero-order valence-electron chi connectivity index (χ0n) is 32.2. The summed E-state index contributed by atoms with van der Waals surface area (Å²) in [5.74, 6) is -3.73. The maximum absolute atomic E-state index is 13.8. The molecule has 0 amide bonds. The molecule has 0 saturated carbocycles. The van der Waals surface area contributed by atoms with Crippen LogP contribution in [-0.2, 0) is 33.2 Å². The monoisotopic (exact) mass is 785 g/mol. The average Bonchev–Trinajstić information content (AvgIpc) is 3.14. The van der Waals surface area contributed by atoms with Gasteiger partial charge in [0.2, 0.25) is 5.78 Å². The summed E-state index contributed by atoms with van der Waals surface area (Å²) in [4.78, 5) is 41.3. The second-order valence-corrected chi connectivity index (χ2v) is 15.8. The van der Waals surface area contributed by atoms with Crippen molar-refractivity contribution in [1.29, 1.82) is 0 Å². The normalized spacial score (nSPS) is 37.3. The Morgan fingerprint density at radius 1 is 0.804 bits per heavy atom. The highest BCUT2D eigenvalue weighted by atomic mass is 16.7. The molecule has 0 spiro atoms. The molecule has 16 heteroatoms. The zero-order chi connectivity index (χ0) is 40.5. The highest BCUT2D eigenvalue weighted by molar-refractivity contribution is 6.31. The number of nitrogens with zero attached hydrogens (tertiary/aromatic N) is 1. The fourth-order valence-corrected chi connectivity index (χ4v) is 8.88. The first kappa shape index (κ1) is 40.6. The highest BCUT2D eigenvalue weighted by Crippen LogP contribution is 2.56. The molecule has 13 atom stereocenters. The molecule has 3 heterocycles. The molecule has 6 N–H and O–H groups in total. The third kappa shape index (κ3) is 6.93. The molecule has 3 fully saturated rings. The molecular formula is C40H51NO15. The van der Waals surface area contributed by atoms with E-state index in [-0.39, 0.29) is 59.8 Å². The van der Waals surface area contributed by atoms with Crippen LogP contribution in [0.2, 0.25) is 0 Å². The number of rotatable bonds is 8. The molecular weight excluding hydrogens is 734 g/mol. The fourth-order valence-electron chi connectivity index (χ4n) is 8.88. The average molecular weight is 786 g/mol. The predicted molar refractivity (Wildman–Crippen MR) is 193 cm³/mol. The highest BCUT2D eigenvalue weighted by Gasteiger charge is 2.52. The van der Waals surface area contributed by atoms with Gasteiger partial charge in [-0.1, -0.05) is 19.1 Å². The number of aliphatic hydroxyl groups is 3. The Kier molecular flexibility index (Phi) is 11.1. The van der Waals surface area contributed by atoms with E-state index in [0.29, 0.717) is 12.8 Å². The molecule has 3 saturated heterocycles. The van der Waals surface area contributed by atoms with Gasteiger partial charge < -0.3 is 64.0 Å². The van der Waals surface area contributed by atoms with Crippen molar-refractivity contribution in [2.75, 3.05) is 14.1 Å². The number of Topliss-reactive ketones (excluding diaryl/α,β-unsaturated/α-hetero) is 1. The van der Waals surface area contributed by atoms with Crippen molar-refractivity contribution >= 4 is 17.3 Å². The maximum Gasteiger partial charge on any atom is 0.202 e. The van der Waals surface area contributed by atoms with Gasteiger partial charge in [-0.2, -0.15) is 0 Å². The van der Waals surface area contributed by atoms with Gasteiger partial charge in [-0.05, 0) is 47.4 Å². The van der Waals surface area contributed by atoms with E-state index in [1.165, 1.54) is 18.2 Å². The molecule has 306 valence electrons. The summed E-state index contributed by atoms with van der Waals surface area (Å²) in [6.07, 6.45) is -8.83. The lowest BCUT2D eigenvalue weighted by Gasteiger charge is -2.48. The van der Waals surface area contributed by atoms with Crippen molar-refractivity contribution in [3.05, 3.63) is 51.6 Å². The molecule has 5 aliphatic rings. The first-order valence-electron chi connectivity index (χ1n) is 19.2. The Balaban J connectivity index is 1.12. The lowest BCUT2D eigenvalue weighted by molar-refractivity contribution is -0.325. The lowest BCUT2D eigenvalue weighted by Crippen LogP contribution is -2.58. The number of hydrogen-bond donors (Lipinski definition) is 6. The summed E-state index contributed by atoms with van der Waals surface area (Å²) in [6, 6.07) is 3.55. The Bertz CT molecular complexity index is 1870. The summed E-state index contributed by atoms with van der Waals surface area (Å²) in [6.45, 7) is 6.85. The Hall–Kier alpha value is -3.55. The largest absolute Gasteiger partial charge is 0.507 e. The van der Waals surface area contributed by atoms with Crippen molar-refractivity contribution in [2.24, 2.45) is 0 Å². The minimum atomic E-state index is -1.88. The van der Waals surface area contributed by atoms with Crippen LogP contribution in [0, 0.1) is 0 Å². The summed E-state index contributed by atoms with van der Waals surface area (Å²) >= 11 is 0. The molecule has 3 aliphatic heterocycles. The van der Waals surface area contributed by atoms with Crippen molar-refractivity contribution in [3.8, 4) is 17.2 Å². The lowest BCUT2D eigenvalue weighted by atomic mass is 9.70. The first-order valence-corrected chi connectivity index (χ1v) is 19.2. The van der Waals surface area contributed by atoms with Crippen LogP contribution in [0.1, 0.15) is 121 Å². The zero-order valence-corrected chi connectivity index (χ0v) is 32.2. The van der Waals surface area contributed by atoms with Gasteiger partial charge in [-0.3, -0.25) is 14.4 Å². The van der Waals surface area contributed by atoms with E-state index in [1.54, 1.807) is 27.7 Å². The molecule has 56 heavy (non-hydrogen) atoms. The number of ketones is 3. The number of phenolic OH excluding ortho intramolecular Hbond substituents is 3. The van der Waals surface area contributed by atoms with Gasteiger partial charge in [0.05, 0.1) is 46.7 Å². The van der Waals surface area contributed by atoms with Crippen molar-refractivity contribution < 1.29 is 73.4 Å². The molecule has 13 unspecified atom stereocenters. The van der Waals surface area contributed by atoms with Crippen LogP contribution in [0.15, 0.2) is 18.2 Å². The second kappa shape index (κ2) is 15.3. The van der Waals surface area contributed by atoms with Gasteiger partial charge in [0, 0.05) is 54.8 Å². The summed E-state index contributed by atoms with van der Waals surface area (Å²) < 4.78 is 37.2. The van der Waals surface area contributed by atoms with E-state index in [9.17, 15) is 45.0 Å². The number of aliphatic hydroxyl groups excluding tert-OH is 2. The van der Waals surface area contributed by atoms with Gasteiger partial charge in [-0.15, -0.1) is 0 Å². The minimum absolute atomic E-state index is 0.00193. The molecule has 16 nitrogen and oxygen atoms in total. The molecule has 2 aliphatic carbocycles. The Morgan fingerprint density at radius 3 is 2.07 bits per heavy atom. The summed E-state index contributed by atoms with van der Waals surface area (Å²) in [5.41, 5.74) is -4.02. The van der Waals surface area contributed by atoms with E-state index in [1.807, 2.05) is 19.0 Å². The SMILES string of the molecule is CCC1(O)CC(OC2CC(N(C)C)C(OC3CC(O)C(OC4CCC(=O)C(C)O4)C(C)O3)C(C)O2)c2c(O)c3c(c(O)c2C1O)C(=O)c1cccc(O)c1C3=O. The molecule has 2 aromatic rings. The minimum Gasteiger partial charge on any atom is -0.507 e. The van der Waals surface area contributed by atoms with Gasteiger partial charge >= 0.3 is 0 Å². The number of carbonyl (C=O) groups is 3. The Labute approximate surface area is 323 Å². The van der Waals surface area contributed by atoms with Crippen LogP contribution in [-0.4, -0.2) is 134 Å². The fraction of sp³-hybridized carbons (Fsp3) is 0.625. The summed E-state index contributed by atoms with van der Waals surface area (Å²) in [7, 11) is 3.70. The van der Waals surface area contributed by atoms with Crippen molar-refractivity contribution in [1.82, 2.24) is 4.90 Å². The topological polar surface area (TPSA) is 231 Å². The number of aromatic hydroxyl groups is 3. The smallest absolute Gasteiger partial charge is 0.202 e. The second-order valence-electron chi connectivity index (χ2n) is 15.8. The van der Waals surface area contributed by atoms with Crippen LogP contribution in [0.5, 0.6) is 17.2 Å². The third-order valence-corrected chi connectivity index (χ3v) is 12.1. The number of benzene rings is 2. The molecule has 0 radical (unpaired) electrons. The van der Waals surface area contributed by atoms with Crippen molar-refractivity contribution in [2.45, 2.75) is 146 Å². The molecule has 7 rings (SSSR count). The maximum atomic E-state index is 13.8. The molecule has 0 bridgehead atoms. The summed E-state index contributed by atoms with van der Waals surface area (Å²) in [5, 5.41) is 68.2. The van der Waals surface area contributed by atoms with Gasteiger partial charge in [0.25, 0.3) is 0 Å². The number of phenols is 3. The van der Waals surface area contributed by atoms with Crippen molar-refractivity contribution in [3.63, 3.8) is 0 Å². The third-order valence-electron chi connectivity index (χ3n) is 12.1. The van der Waals surface area contributed by atoms with E-state index >= 15 is 0 Å². The van der Waals surface area contributed by atoms with Gasteiger partial charge in [0.15, 0.2) is 30.4 Å². The van der Waals surface area contributed by atoms with Gasteiger partial charge in [-0.25, -0.2) is 0 Å². The number of carbonyl (C=O) groups excluding carboxylic acids is 3. The van der Waals surface area contributed by atoms with E-state index in [4.69, 9.17) is 28.4 Å². The van der Waals surface area contributed by atoms with Crippen LogP contribution < -0.4 is 0 Å². The number of ether oxygens (including phenoxy) is 6. The van der Waals surface area contributed by atoms with E-state index in [2.05, 4.69) is 0 Å². The quantitative estimate of drug-likeness (QED) is 0.180. The van der Waals surface area contributed by atoms with Crippen LogP contribution in [0.25, 0.3) is 0 Å². The number of likely N-dealkylation sites (N-methyl/N-ethyl adjacent to an activating group) is 1. The first-order chi connectivity index (χ1) is 26.4. The van der Waals surface area contributed by atoms with Crippen LogP contribution in [0.4, 0.5) is 0 Å². The predicted octanol–water partition coefficient (Wildman–Crippen LogP) is 2.64. The number of fused-ring (bicyclic) bond motifs is 3. The van der Waals surface area contributed by atoms with E-state index in [0.717, 1.165) is 0 Å². The molecule has 2 aromatic carbocycles. The number of hydrogen-bond acceptors (Lipinski definition) is 16. The van der Waals surface area contributed by atoms with E-state index < -0.39 is 113 Å². The van der Waals surface area contributed by atoms with Gasteiger partial charge in [0.1, 0.15) is 41.7 Å². The van der Waals surface area contributed by atoms with Crippen LogP contribution in [0.3, 0.4) is 0 Å². The molecule has 0 aromatic heterocycles.